The first-order chi connectivity index (χ1) is 10.2. The van der Waals surface area contributed by atoms with E-state index in [-0.39, 0.29) is 5.69 Å². The highest BCUT2D eigenvalue weighted by molar-refractivity contribution is 5.85. The number of aromatic carboxylic acids is 1. The SMILES string of the molecule is O=C(O)c1cc2n(n1)CCN(C/C=C/c1ccccc1)C2. The molecule has 0 radical (unpaired) electrons. The lowest BCUT2D eigenvalue weighted by Gasteiger charge is -2.26. The van der Waals surface area contributed by atoms with Gasteiger partial charge in [0.2, 0.25) is 0 Å². The van der Waals surface area contributed by atoms with Crippen molar-refractivity contribution in [1.29, 1.82) is 0 Å². The van der Waals surface area contributed by atoms with Gasteiger partial charge in [0.05, 0.1) is 12.2 Å². The van der Waals surface area contributed by atoms with Gasteiger partial charge in [0.1, 0.15) is 0 Å². The highest BCUT2D eigenvalue weighted by Crippen LogP contribution is 2.14. The molecule has 0 saturated carbocycles. The van der Waals surface area contributed by atoms with E-state index in [1.54, 1.807) is 10.7 Å². The molecule has 0 amide bonds. The van der Waals surface area contributed by atoms with Crippen molar-refractivity contribution in [2.45, 2.75) is 13.1 Å². The Hall–Kier alpha value is -2.40. The van der Waals surface area contributed by atoms with Gasteiger partial charge in [0.25, 0.3) is 0 Å². The van der Waals surface area contributed by atoms with Crippen LogP contribution in [0.15, 0.2) is 42.5 Å². The molecule has 0 aliphatic carbocycles. The summed E-state index contributed by atoms with van der Waals surface area (Å²) in [6.45, 7) is 3.20. The predicted molar refractivity (Wildman–Crippen MR) is 79.9 cm³/mol. The van der Waals surface area contributed by atoms with Crippen LogP contribution in [0.25, 0.3) is 6.08 Å². The number of aromatic nitrogens is 2. The van der Waals surface area contributed by atoms with Crippen LogP contribution >= 0.6 is 0 Å². The van der Waals surface area contributed by atoms with Crippen molar-refractivity contribution in [2.75, 3.05) is 13.1 Å². The predicted octanol–water partition coefficient (Wildman–Crippen LogP) is 2.11. The number of carboxylic acid groups (broad SMARTS) is 1. The molecular weight excluding hydrogens is 266 g/mol. The number of rotatable bonds is 4. The summed E-state index contributed by atoms with van der Waals surface area (Å²) in [5.41, 5.74) is 2.28. The average molecular weight is 283 g/mol. The summed E-state index contributed by atoms with van der Waals surface area (Å²) >= 11 is 0. The van der Waals surface area contributed by atoms with Gasteiger partial charge in [-0.25, -0.2) is 4.79 Å². The van der Waals surface area contributed by atoms with Gasteiger partial charge in [-0.15, -0.1) is 0 Å². The standard InChI is InChI=1S/C16H17N3O2/c20-16(21)15-11-14-12-18(9-10-19(14)17-15)8-4-7-13-5-2-1-3-6-13/h1-7,11H,8-10,12H2,(H,20,21)/b7-4+. The molecule has 1 aromatic carbocycles. The molecule has 0 spiro atoms. The number of benzene rings is 1. The van der Waals surface area contributed by atoms with E-state index >= 15 is 0 Å². The number of nitrogens with zero attached hydrogens (tertiary/aromatic N) is 3. The first kappa shape index (κ1) is 13.6. The first-order valence-electron chi connectivity index (χ1n) is 6.96. The van der Waals surface area contributed by atoms with E-state index in [9.17, 15) is 4.79 Å². The Labute approximate surface area is 123 Å². The van der Waals surface area contributed by atoms with Gasteiger partial charge >= 0.3 is 5.97 Å². The minimum atomic E-state index is -0.965. The third kappa shape index (κ3) is 3.20. The number of carboxylic acids is 1. The molecule has 0 bridgehead atoms. The van der Waals surface area contributed by atoms with Crippen LogP contribution in [0.4, 0.5) is 0 Å². The smallest absolute Gasteiger partial charge is 0.356 e. The maximum absolute atomic E-state index is 10.9. The van der Waals surface area contributed by atoms with Crippen LogP contribution in [0.3, 0.4) is 0 Å². The molecule has 2 aromatic rings. The normalized spacial score (nSPS) is 15.2. The van der Waals surface area contributed by atoms with Crippen LogP contribution < -0.4 is 0 Å². The Bertz CT molecular complexity index is 661. The zero-order chi connectivity index (χ0) is 14.7. The molecule has 0 unspecified atom stereocenters. The third-order valence-corrected chi connectivity index (χ3v) is 3.57. The van der Waals surface area contributed by atoms with Gasteiger partial charge in [0, 0.05) is 19.6 Å². The molecule has 0 atom stereocenters. The highest BCUT2D eigenvalue weighted by Gasteiger charge is 2.19. The van der Waals surface area contributed by atoms with Crippen LogP contribution in [0.2, 0.25) is 0 Å². The fourth-order valence-electron chi connectivity index (χ4n) is 2.48. The zero-order valence-corrected chi connectivity index (χ0v) is 11.6. The first-order valence-corrected chi connectivity index (χ1v) is 6.96. The summed E-state index contributed by atoms with van der Waals surface area (Å²) in [5, 5.41) is 13.1. The van der Waals surface area contributed by atoms with Crippen LogP contribution in [-0.4, -0.2) is 38.8 Å². The Morgan fingerprint density at radius 2 is 2.10 bits per heavy atom. The van der Waals surface area contributed by atoms with Gasteiger partial charge in [-0.1, -0.05) is 42.5 Å². The molecule has 21 heavy (non-hydrogen) atoms. The van der Waals surface area contributed by atoms with Crippen molar-refractivity contribution in [3.63, 3.8) is 0 Å². The minimum Gasteiger partial charge on any atom is -0.476 e. The molecular formula is C16H17N3O2. The summed E-state index contributed by atoms with van der Waals surface area (Å²) in [5.74, 6) is -0.965. The topological polar surface area (TPSA) is 58.4 Å². The van der Waals surface area contributed by atoms with E-state index < -0.39 is 5.97 Å². The molecule has 0 saturated heterocycles. The maximum atomic E-state index is 10.9. The molecule has 1 N–H and O–H groups in total. The van der Waals surface area contributed by atoms with Crippen LogP contribution in [0.1, 0.15) is 21.7 Å². The summed E-state index contributed by atoms with van der Waals surface area (Å²) in [6, 6.07) is 11.8. The molecule has 1 aliphatic rings. The Morgan fingerprint density at radius 3 is 2.86 bits per heavy atom. The van der Waals surface area contributed by atoms with Crippen molar-refractivity contribution in [3.8, 4) is 0 Å². The van der Waals surface area contributed by atoms with Gasteiger partial charge in [0.15, 0.2) is 5.69 Å². The summed E-state index contributed by atoms with van der Waals surface area (Å²) in [7, 11) is 0. The maximum Gasteiger partial charge on any atom is 0.356 e. The lowest BCUT2D eigenvalue weighted by Crippen LogP contribution is -2.33. The Balaban J connectivity index is 1.61. The van der Waals surface area contributed by atoms with Crippen LogP contribution in [0.5, 0.6) is 0 Å². The second-order valence-electron chi connectivity index (χ2n) is 5.10. The van der Waals surface area contributed by atoms with E-state index in [4.69, 9.17) is 5.11 Å². The summed E-state index contributed by atoms with van der Waals surface area (Å²) in [6.07, 6.45) is 4.24. The molecule has 5 heteroatoms. The Morgan fingerprint density at radius 1 is 1.29 bits per heavy atom. The fourth-order valence-corrected chi connectivity index (χ4v) is 2.48. The largest absolute Gasteiger partial charge is 0.476 e. The molecule has 0 fully saturated rings. The van der Waals surface area contributed by atoms with Gasteiger partial charge in [-0.2, -0.15) is 5.10 Å². The molecule has 1 aliphatic heterocycles. The summed E-state index contributed by atoms with van der Waals surface area (Å²) in [4.78, 5) is 13.2. The van der Waals surface area contributed by atoms with Gasteiger partial charge < -0.3 is 5.11 Å². The van der Waals surface area contributed by atoms with Crippen molar-refractivity contribution < 1.29 is 9.90 Å². The van der Waals surface area contributed by atoms with Crippen LogP contribution in [-0.2, 0) is 13.1 Å². The zero-order valence-electron chi connectivity index (χ0n) is 11.6. The van der Waals surface area contributed by atoms with Crippen molar-refractivity contribution in [3.05, 3.63) is 59.4 Å². The summed E-state index contributed by atoms with van der Waals surface area (Å²) < 4.78 is 1.79. The van der Waals surface area contributed by atoms with Crippen molar-refractivity contribution in [2.24, 2.45) is 0 Å². The fraction of sp³-hybridized carbons (Fsp3) is 0.250. The van der Waals surface area contributed by atoms with Crippen molar-refractivity contribution in [1.82, 2.24) is 14.7 Å². The lowest BCUT2D eigenvalue weighted by molar-refractivity contribution is 0.0689. The second-order valence-corrected chi connectivity index (χ2v) is 5.10. The Kier molecular flexibility index (Phi) is 3.83. The van der Waals surface area contributed by atoms with E-state index in [2.05, 4.69) is 34.3 Å². The lowest BCUT2D eigenvalue weighted by atomic mass is 10.2. The van der Waals surface area contributed by atoms with Crippen molar-refractivity contribution >= 4 is 12.0 Å². The number of hydrogen-bond acceptors (Lipinski definition) is 3. The number of carbonyl (C=O) groups is 1. The van der Waals surface area contributed by atoms with E-state index in [0.717, 1.165) is 31.9 Å². The monoisotopic (exact) mass is 283 g/mol. The molecule has 1 aromatic heterocycles. The second kappa shape index (κ2) is 5.93. The van der Waals surface area contributed by atoms with E-state index in [0.29, 0.717) is 0 Å². The molecule has 5 nitrogen and oxygen atoms in total. The third-order valence-electron chi connectivity index (χ3n) is 3.57. The van der Waals surface area contributed by atoms with E-state index in [1.807, 2.05) is 18.2 Å². The van der Waals surface area contributed by atoms with Gasteiger partial charge in [-0.05, 0) is 11.6 Å². The molecule has 108 valence electrons. The minimum absolute atomic E-state index is 0.131. The van der Waals surface area contributed by atoms with Gasteiger partial charge in [-0.3, -0.25) is 9.58 Å². The molecule has 3 rings (SSSR count). The quantitative estimate of drug-likeness (QED) is 0.933. The van der Waals surface area contributed by atoms with Crippen LogP contribution in [0, 0.1) is 0 Å². The number of hydrogen-bond donors (Lipinski definition) is 1. The molecule has 2 heterocycles. The number of fused-ring (bicyclic) bond motifs is 1. The average Bonchev–Trinajstić information content (AvgIpc) is 2.92. The van der Waals surface area contributed by atoms with E-state index in [1.165, 1.54) is 5.56 Å². The highest BCUT2D eigenvalue weighted by atomic mass is 16.4.